The van der Waals surface area contributed by atoms with Crippen LogP contribution in [0.2, 0.25) is 0 Å². The minimum absolute atomic E-state index is 0.222. The molecule has 0 aliphatic rings. The molecular formula is C13H12BrN3O. The molecule has 1 aromatic carbocycles. The number of carbonyl (C=O) groups is 1. The van der Waals surface area contributed by atoms with Gasteiger partial charge in [0.1, 0.15) is 12.0 Å². The number of aromatic nitrogens is 2. The van der Waals surface area contributed by atoms with Gasteiger partial charge in [-0.3, -0.25) is 4.79 Å². The summed E-state index contributed by atoms with van der Waals surface area (Å²) in [6, 6.07) is 7.39. The Balaban J connectivity index is 2.22. The van der Waals surface area contributed by atoms with E-state index >= 15 is 0 Å². The topological polar surface area (TPSA) is 54.9 Å². The second kappa shape index (κ2) is 5.27. The Morgan fingerprint density at radius 1 is 1.17 bits per heavy atom. The first-order chi connectivity index (χ1) is 8.58. The Morgan fingerprint density at radius 2 is 1.83 bits per heavy atom. The van der Waals surface area contributed by atoms with Crippen molar-refractivity contribution in [2.24, 2.45) is 0 Å². The number of nitrogens with one attached hydrogen (secondary N) is 1. The Kier molecular flexibility index (Phi) is 3.72. The lowest BCUT2D eigenvalue weighted by Crippen LogP contribution is -2.16. The molecule has 0 bridgehead atoms. The van der Waals surface area contributed by atoms with Gasteiger partial charge < -0.3 is 5.32 Å². The van der Waals surface area contributed by atoms with E-state index in [1.165, 1.54) is 6.33 Å². The van der Waals surface area contributed by atoms with Crippen LogP contribution in [0.25, 0.3) is 0 Å². The second-order valence-electron chi connectivity index (χ2n) is 3.89. The molecule has 0 saturated heterocycles. The number of halogens is 1. The van der Waals surface area contributed by atoms with Gasteiger partial charge in [-0.15, -0.1) is 0 Å². The highest BCUT2D eigenvalue weighted by Gasteiger charge is 2.12. The zero-order chi connectivity index (χ0) is 13.1. The van der Waals surface area contributed by atoms with Crippen LogP contribution in [0.15, 0.2) is 35.1 Å². The second-order valence-corrected chi connectivity index (χ2v) is 4.81. The third-order valence-corrected chi connectivity index (χ3v) is 3.18. The average molecular weight is 306 g/mol. The van der Waals surface area contributed by atoms with Crippen LogP contribution in [0, 0.1) is 13.8 Å². The van der Waals surface area contributed by atoms with Gasteiger partial charge in [-0.1, -0.05) is 15.9 Å². The van der Waals surface area contributed by atoms with Gasteiger partial charge >= 0.3 is 0 Å². The van der Waals surface area contributed by atoms with E-state index in [9.17, 15) is 4.79 Å². The fourth-order valence-electron chi connectivity index (χ4n) is 1.49. The first kappa shape index (κ1) is 12.7. The molecule has 92 valence electrons. The number of rotatable bonds is 2. The maximum atomic E-state index is 12.1. The molecule has 0 aliphatic carbocycles. The van der Waals surface area contributed by atoms with E-state index < -0.39 is 0 Å². The summed E-state index contributed by atoms with van der Waals surface area (Å²) in [4.78, 5) is 20.1. The molecule has 0 aliphatic heterocycles. The largest absolute Gasteiger partial charge is 0.321 e. The number of benzene rings is 1. The normalized spacial score (nSPS) is 10.2. The molecule has 0 spiro atoms. The van der Waals surface area contributed by atoms with Crippen molar-refractivity contribution in [2.45, 2.75) is 13.8 Å². The van der Waals surface area contributed by atoms with Gasteiger partial charge in [-0.05, 0) is 38.1 Å². The molecule has 0 radical (unpaired) electrons. The first-order valence-corrected chi connectivity index (χ1v) is 6.22. The molecular weight excluding hydrogens is 294 g/mol. The summed E-state index contributed by atoms with van der Waals surface area (Å²) in [6.45, 7) is 3.69. The highest BCUT2D eigenvalue weighted by molar-refractivity contribution is 9.10. The molecule has 1 aromatic heterocycles. The highest BCUT2D eigenvalue weighted by atomic mass is 79.9. The van der Waals surface area contributed by atoms with E-state index in [2.05, 4.69) is 31.2 Å². The maximum absolute atomic E-state index is 12.1. The van der Waals surface area contributed by atoms with Crippen molar-refractivity contribution in [3.63, 3.8) is 0 Å². The molecule has 0 atom stereocenters. The number of carbonyl (C=O) groups excluding carboxylic acids is 1. The maximum Gasteiger partial charge on any atom is 0.274 e. The van der Waals surface area contributed by atoms with Gasteiger partial charge in [0.2, 0.25) is 0 Å². The number of anilines is 1. The predicted octanol–water partition coefficient (Wildman–Crippen LogP) is 3.11. The lowest BCUT2D eigenvalue weighted by atomic mass is 10.2. The van der Waals surface area contributed by atoms with Crippen molar-refractivity contribution in [2.75, 3.05) is 5.32 Å². The van der Waals surface area contributed by atoms with Crippen molar-refractivity contribution in [3.05, 3.63) is 52.0 Å². The van der Waals surface area contributed by atoms with Gasteiger partial charge in [-0.25, -0.2) is 9.97 Å². The Morgan fingerprint density at radius 3 is 2.50 bits per heavy atom. The molecule has 1 heterocycles. The van der Waals surface area contributed by atoms with Gasteiger partial charge in [-0.2, -0.15) is 0 Å². The first-order valence-electron chi connectivity index (χ1n) is 5.43. The van der Waals surface area contributed by atoms with Gasteiger partial charge in [0.05, 0.1) is 0 Å². The Labute approximate surface area is 114 Å². The van der Waals surface area contributed by atoms with E-state index in [0.29, 0.717) is 5.69 Å². The number of amides is 1. The fraction of sp³-hybridized carbons (Fsp3) is 0.154. The van der Waals surface area contributed by atoms with Crippen LogP contribution < -0.4 is 5.32 Å². The molecule has 1 amide bonds. The van der Waals surface area contributed by atoms with E-state index in [-0.39, 0.29) is 5.91 Å². The van der Waals surface area contributed by atoms with Crippen LogP contribution in [0.1, 0.15) is 21.7 Å². The van der Waals surface area contributed by atoms with Crippen LogP contribution in [-0.4, -0.2) is 15.9 Å². The van der Waals surface area contributed by atoms with E-state index in [4.69, 9.17) is 0 Å². The summed E-state index contributed by atoms with van der Waals surface area (Å²) >= 11 is 3.34. The van der Waals surface area contributed by atoms with Crippen LogP contribution in [0.4, 0.5) is 5.69 Å². The number of nitrogens with zero attached hydrogens (tertiary/aromatic N) is 2. The van der Waals surface area contributed by atoms with Crippen LogP contribution in [0.3, 0.4) is 0 Å². The van der Waals surface area contributed by atoms with E-state index in [1.54, 1.807) is 0 Å². The lowest BCUT2D eigenvalue weighted by molar-refractivity contribution is 0.102. The molecule has 2 aromatic rings. The lowest BCUT2D eigenvalue weighted by Gasteiger charge is -2.07. The zero-order valence-electron chi connectivity index (χ0n) is 10.1. The fourth-order valence-corrected chi connectivity index (χ4v) is 1.75. The van der Waals surface area contributed by atoms with Gasteiger partial charge in [0.25, 0.3) is 5.91 Å². The summed E-state index contributed by atoms with van der Waals surface area (Å²) in [6.07, 6.45) is 1.40. The minimum atomic E-state index is -0.222. The Bertz CT molecular complexity index is 581. The number of hydrogen-bond acceptors (Lipinski definition) is 3. The van der Waals surface area contributed by atoms with Gasteiger partial charge in [0, 0.05) is 21.4 Å². The molecule has 2 rings (SSSR count). The van der Waals surface area contributed by atoms with Crippen molar-refractivity contribution in [1.82, 2.24) is 9.97 Å². The summed E-state index contributed by atoms with van der Waals surface area (Å²) in [5, 5.41) is 2.80. The van der Waals surface area contributed by atoms with Crippen LogP contribution >= 0.6 is 15.9 Å². The summed E-state index contributed by atoms with van der Waals surface area (Å²) in [5.41, 5.74) is 2.75. The standard InChI is InChI=1S/C13H12BrN3O/c1-8-9(2)15-7-16-12(8)13(18)17-11-5-3-10(14)4-6-11/h3-7H,1-2H3,(H,17,18). The smallest absolute Gasteiger partial charge is 0.274 e. The van der Waals surface area contributed by atoms with E-state index in [1.807, 2.05) is 38.1 Å². The molecule has 1 N–H and O–H groups in total. The summed E-state index contributed by atoms with van der Waals surface area (Å²) in [5.74, 6) is -0.222. The van der Waals surface area contributed by atoms with Crippen molar-refractivity contribution in [1.29, 1.82) is 0 Å². The highest BCUT2D eigenvalue weighted by Crippen LogP contribution is 2.15. The Hall–Kier alpha value is -1.75. The monoisotopic (exact) mass is 305 g/mol. The molecule has 0 fully saturated rings. The minimum Gasteiger partial charge on any atom is -0.321 e. The van der Waals surface area contributed by atoms with Crippen LogP contribution in [-0.2, 0) is 0 Å². The number of hydrogen-bond donors (Lipinski definition) is 1. The van der Waals surface area contributed by atoms with Crippen molar-refractivity contribution >= 4 is 27.5 Å². The molecule has 0 saturated carbocycles. The SMILES string of the molecule is Cc1ncnc(C(=O)Nc2ccc(Br)cc2)c1C. The van der Waals surface area contributed by atoms with Crippen LogP contribution in [0.5, 0.6) is 0 Å². The molecule has 4 nitrogen and oxygen atoms in total. The van der Waals surface area contributed by atoms with Crippen molar-refractivity contribution in [3.8, 4) is 0 Å². The predicted molar refractivity (Wildman–Crippen MR) is 73.6 cm³/mol. The van der Waals surface area contributed by atoms with Crippen molar-refractivity contribution < 1.29 is 4.79 Å². The third-order valence-electron chi connectivity index (χ3n) is 2.65. The third kappa shape index (κ3) is 2.73. The average Bonchev–Trinajstić information content (AvgIpc) is 2.35. The molecule has 18 heavy (non-hydrogen) atoms. The summed E-state index contributed by atoms with van der Waals surface area (Å²) in [7, 11) is 0. The molecule has 0 unspecified atom stereocenters. The molecule has 5 heteroatoms. The zero-order valence-corrected chi connectivity index (χ0v) is 11.7. The summed E-state index contributed by atoms with van der Waals surface area (Å²) < 4.78 is 0.967. The van der Waals surface area contributed by atoms with E-state index in [0.717, 1.165) is 21.4 Å². The quantitative estimate of drug-likeness (QED) is 0.927. The number of aryl methyl sites for hydroxylation is 1. The van der Waals surface area contributed by atoms with Gasteiger partial charge in [0.15, 0.2) is 0 Å².